The van der Waals surface area contributed by atoms with Gasteiger partial charge in [-0.25, -0.2) is 4.98 Å². The van der Waals surface area contributed by atoms with E-state index in [0.29, 0.717) is 10.1 Å². The molecule has 8 heteroatoms. The molecule has 0 bridgehead atoms. The molecule has 3 aromatic carbocycles. The Hall–Kier alpha value is -3.78. The van der Waals surface area contributed by atoms with Gasteiger partial charge in [0.15, 0.2) is 5.16 Å². The summed E-state index contributed by atoms with van der Waals surface area (Å²) < 4.78 is 1.86. The number of nitrogens with zero attached hydrogens (tertiary/aromatic N) is 5. The number of nitro benzene ring substituents is 1. The van der Waals surface area contributed by atoms with Crippen LogP contribution in [0.15, 0.2) is 89.2 Å². The van der Waals surface area contributed by atoms with Crippen molar-refractivity contribution >= 4 is 28.8 Å². The Balaban J connectivity index is 1.58. The van der Waals surface area contributed by atoms with Gasteiger partial charge in [0.05, 0.1) is 9.82 Å². The topological polar surface area (TPSA) is 67.4 Å². The number of imidazole rings is 1. The molecule has 0 atom stereocenters. The van der Waals surface area contributed by atoms with Gasteiger partial charge in [-0.2, -0.15) is 0 Å². The van der Waals surface area contributed by atoms with Crippen LogP contribution in [0.3, 0.4) is 0 Å². The maximum atomic E-state index is 12.1. The standard InChI is InChI=1S/C27H27N5O2S/c1-19-4-9-22(10-5-19)30-16-17-31(23-11-6-20(2)7-12-23)26(30)21-8-13-25(24(18-21)32(33)34)35-27-28-14-15-29(27)3/h4-15,18,26H,16-17H2,1-3H3. The van der Waals surface area contributed by atoms with Crippen LogP contribution in [0.1, 0.15) is 22.9 Å². The maximum Gasteiger partial charge on any atom is 0.283 e. The number of hydrogen-bond acceptors (Lipinski definition) is 6. The minimum Gasteiger partial charge on any atom is -0.346 e. The van der Waals surface area contributed by atoms with E-state index >= 15 is 0 Å². The predicted octanol–water partition coefficient (Wildman–Crippen LogP) is 6.12. The summed E-state index contributed by atoms with van der Waals surface area (Å²) in [5.74, 6) is 0. The van der Waals surface area contributed by atoms with Gasteiger partial charge in [0.2, 0.25) is 0 Å². The van der Waals surface area contributed by atoms with E-state index in [4.69, 9.17) is 0 Å². The summed E-state index contributed by atoms with van der Waals surface area (Å²) in [6.45, 7) is 5.79. The highest BCUT2D eigenvalue weighted by Crippen LogP contribution is 2.41. The molecule has 1 aliphatic rings. The molecule has 1 saturated heterocycles. The Morgan fingerprint density at radius 3 is 1.97 bits per heavy atom. The second-order valence-corrected chi connectivity index (χ2v) is 9.85. The van der Waals surface area contributed by atoms with E-state index in [0.717, 1.165) is 30.0 Å². The lowest BCUT2D eigenvalue weighted by Gasteiger charge is -2.33. The van der Waals surface area contributed by atoms with E-state index in [1.807, 2.05) is 29.9 Å². The first-order chi connectivity index (χ1) is 16.9. The number of aromatic nitrogens is 2. The Kier molecular flexibility index (Phi) is 6.21. The van der Waals surface area contributed by atoms with Gasteiger partial charge in [-0.15, -0.1) is 0 Å². The van der Waals surface area contributed by atoms with E-state index in [1.165, 1.54) is 22.9 Å². The normalized spacial score (nSPS) is 14.0. The predicted molar refractivity (Wildman–Crippen MR) is 140 cm³/mol. The molecule has 0 amide bonds. The van der Waals surface area contributed by atoms with Crippen molar-refractivity contribution in [3.63, 3.8) is 0 Å². The molecule has 0 unspecified atom stereocenters. The molecule has 1 aliphatic heterocycles. The van der Waals surface area contributed by atoms with Gasteiger partial charge in [0.1, 0.15) is 6.17 Å². The summed E-state index contributed by atoms with van der Waals surface area (Å²) in [6.07, 6.45) is 3.37. The number of anilines is 2. The average Bonchev–Trinajstić information content (AvgIpc) is 3.47. The molecule has 0 saturated carbocycles. The average molecular weight is 486 g/mol. The lowest BCUT2D eigenvalue weighted by Crippen LogP contribution is -2.31. The third-order valence-electron chi connectivity index (χ3n) is 6.36. The van der Waals surface area contributed by atoms with Crippen LogP contribution in [-0.4, -0.2) is 27.6 Å². The molecule has 5 rings (SSSR count). The molecule has 4 aromatic rings. The summed E-state index contributed by atoms with van der Waals surface area (Å²) >= 11 is 1.31. The van der Waals surface area contributed by atoms with E-state index in [1.54, 1.807) is 12.3 Å². The number of nitro groups is 1. The fraction of sp³-hybridized carbons (Fsp3) is 0.222. The van der Waals surface area contributed by atoms with Gasteiger partial charge in [0, 0.05) is 55.5 Å². The van der Waals surface area contributed by atoms with Gasteiger partial charge >= 0.3 is 0 Å². The van der Waals surface area contributed by atoms with Crippen molar-refractivity contribution in [3.05, 3.63) is 106 Å². The molecule has 7 nitrogen and oxygen atoms in total. The highest BCUT2D eigenvalue weighted by molar-refractivity contribution is 7.99. The molecular formula is C27H27N5O2S. The molecule has 0 N–H and O–H groups in total. The fourth-order valence-electron chi connectivity index (χ4n) is 4.47. The fourth-order valence-corrected chi connectivity index (χ4v) is 5.36. The van der Waals surface area contributed by atoms with Crippen LogP contribution in [0.5, 0.6) is 0 Å². The van der Waals surface area contributed by atoms with Crippen LogP contribution >= 0.6 is 11.8 Å². The monoisotopic (exact) mass is 485 g/mol. The lowest BCUT2D eigenvalue weighted by molar-refractivity contribution is -0.387. The Morgan fingerprint density at radius 2 is 1.49 bits per heavy atom. The van der Waals surface area contributed by atoms with Crippen molar-refractivity contribution < 1.29 is 4.92 Å². The van der Waals surface area contributed by atoms with E-state index in [2.05, 4.69) is 77.2 Å². The largest absolute Gasteiger partial charge is 0.346 e. The number of hydrogen-bond donors (Lipinski definition) is 0. The summed E-state index contributed by atoms with van der Waals surface area (Å²) in [7, 11) is 1.88. The SMILES string of the molecule is Cc1ccc(N2CCN(c3ccc(C)cc3)C2c2ccc(Sc3nccn3C)c([N+](=O)[O-])c2)cc1. The van der Waals surface area contributed by atoms with Crippen molar-refractivity contribution in [1.29, 1.82) is 0 Å². The van der Waals surface area contributed by atoms with Crippen LogP contribution in [0, 0.1) is 24.0 Å². The Labute approximate surface area is 209 Å². The summed E-state index contributed by atoms with van der Waals surface area (Å²) in [5.41, 5.74) is 5.58. The molecule has 0 spiro atoms. The van der Waals surface area contributed by atoms with E-state index in [-0.39, 0.29) is 16.8 Å². The Bertz CT molecular complexity index is 1300. The van der Waals surface area contributed by atoms with Crippen LogP contribution in [0.4, 0.5) is 17.1 Å². The molecule has 1 fully saturated rings. The van der Waals surface area contributed by atoms with Crippen molar-refractivity contribution in [2.45, 2.75) is 30.1 Å². The summed E-state index contributed by atoms with van der Waals surface area (Å²) in [6, 6.07) is 22.5. The zero-order chi connectivity index (χ0) is 24.5. The van der Waals surface area contributed by atoms with Crippen molar-refractivity contribution in [2.75, 3.05) is 22.9 Å². The number of aryl methyl sites for hydroxylation is 3. The summed E-state index contributed by atoms with van der Waals surface area (Å²) in [5, 5.41) is 12.8. The third-order valence-corrected chi connectivity index (χ3v) is 7.50. The van der Waals surface area contributed by atoms with Gasteiger partial charge in [-0.1, -0.05) is 41.5 Å². The van der Waals surface area contributed by atoms with Crippen molar-refractivity contribution in [1.82, 2.24) is 9.55 Å². The molecule has 0 radical (unpaired) electrons. The van der Waals surface area contributed by atoms with Gasteiger partial charge in [-0.05, 0) is 55.9 Å². The quantitative estimate of drug-likeness (QED) is 0.242. The van der Waals surface area contributed by atoms with Crippen molar-refractivity contribution in [3.8, 4) is 0 Å². The molecule has 178 valence electrons. The zero-order valence-electron chi connectivity index (χ0n) is 20.0. The van der Waals surface area contributed by atoms with Crippen LogP contribution in [-0.2, 0) is 7.05 Å². The first-order valence-electron chi connectivity index (χ1n) is 11.5. The smallest absolute Gasteiger partial charge is 0.283 e. The second kappa shape index (κ2) is 9.46. The first kappa shape index (κ1) is 23.0. The second-order valence-electron chi connectivity index (χ2n) is 8.84. The van der Waals surface area contributed by atoms with Crippen molar-refractivity contribution in [2.24, 2.45) is 7.05 Å². The van der Waals surface area contributed by atoms with E-state index < -0.39 is 0 Å². The van der Waals surface area contributed by atoms with E-state index in [9.17, 15) is 10.1 Å². The minimum atomic E-state index is -0.295. The maximum absolute atomic E-state index is 12.1. The number of rotatable bonds is 6. The van der Waals surface area contributed by atoms with Crippen LogP contribution in [0.25, 0.3) is 0 Å². The molecular weight excluding hydrogens is 458 g/mol. The third kappa shape index (κ3) is 4.61. The Morgan fingerprint density at radius 1 is 0.914 bits per heavy atom. The molecule has 1 aromatic heterocycles. The van der Waals surface area contributed by atoms with Gasteiger partial charge in [0.25, 0.3) is 5.69 Å². The van der Waals surface area contributed by atoms with Gasteiger partial charge in [-0.3, -0.25) is 10.1 Å². The number of benzene rings is 3. The molecule has 2 heterocycles. The minimum absolute atomic E-state index is 0.0927. The zero-order valence-corrected chi connectivity index (χ0v) is 20.8. The summed E-state index contributed by atoms with van der Waals surface area (Å²) in [4.78, 5) is 21.4. The van der Waals surface area contributed by atoms with Gasteiger partial charge < -0.3 is 14.4 Å². The lowest BCUT2D eigenvalue weighted by atomic mass is 10.1. The van der Waals surface area contributed by atoms with Crippen LogP contribution < -0.4 is 9.80 Å². The van der Waals surface area contributed by atoms with Crippen LogP contribution in [0.2, 0.25) is 0 Å². The molecule has 35 heavy (non-hydrogen) atoms. The highest BCUT2D eigenvalue weighted by atomic mass is 32.2. The highest BCUT2D eigenvalue weighted by Gasteiger charge is 2.35. The first-order valence-corrected chi connectivity index (χ1v) is 12.3. The molecule has 0 aliphatic carbocycles.